The van der Waals surface area contributed by atoms with Crippen molar-refractivity contribution in [3.63, 3.8) is 0 Å². The predicted molar refractivity (Wildman–Crippen MR) is 103 cm³/mol. The summed E-state index contributed by atoms with van der Waals surface area (Å²) in [5.41, 5.74) is 1.34. The Kier molecular flexibility index (Phi) is 8.58. The predicted octanol–water partition coefficient (Wildman–Crippen LogP) is 4.73. The summed E-state index contributed by atoms with van der Waals surface area (Å²) in [5, 5.41) is 6.41. The molecular weight excluding hydrogens is 332 g/mol. The van der Waals surface area contributed by atoms with Gasteiger partial charge < -0.3 is 10.1 Å². The van der Waals surface area contributed by atoms with E-state index in [4.69, 9.17) is 4.74 Å². The van der Waals surface area contributed by atoms with Crippen molar-refractivity contribution in [2.24, 2.45) is 11.1 Å². The summed E-state index contributed by atoms with van der Waals surface area (Å²) in [6.07, 6.45) is 0.991. The minimum Gasteiger partial charge on any atom is -0.493 e. The molecule has 0 aliphatic carbocycles. The Bertz CT molecular complexity index is 653. The lowest BCUT2D eigenvalue weighted by molar-refractivity contribution is -0.122. The second-order valence-corrected chi connectivity index (χ2v) is 7.17. The van der Waals surface area contributed by atoms with E-state index in [0.29, 0.717) is 36.3 Å². The molecule has 0 radical (unpaired) electrons. The Balaban J connectivity index is 2.99. The number of hydrogen-bond donors (Lipinski definition) is 1. The summed E-state index contributed by atoms with van der Waals surface area (Å²) in [6.45, 7) is 11.4. The van der Waals surface area contributed by atoms with Gasteiger partial charge in [-0.1, -0.05) is 27.7 Å². The lowest BCUT2D eigenvalue weighted by Crippen LogP contribution is -2.26. The first-order chi connectivity index (χ1) is 12.2. The van der Waals surface area contributed by atoms with Crippen LogP contribution in [0.4, 0.5) is 5.69 Å². The van der Waals surface area contributed by atoms with Crippen LogP contribution in [0.25, 0.3) is 0 Å². The summed E-state index contributed by atoms with van der Waals surface area (Å²) in [5.74, 6) is 0.376. The Morgan fingerprint density at radius 1 is 1.15 bits per heavy atom. The van der Waals surface area contributed by atoms with Crippen molar-refractivity contribution in [3.8, 4) is 5.75 Å². The van der Waals surface area contributed by atoms with Gasteiger partial charge in [-0.2, -0.15) is 0 Å². The van der Waals surface area contributed by atoms with E-state index in [1.54, 1.807) is 6.07 Å². The van der Waals surface area contributed by atoms with Crippen molar-refractivity contribution in [1.82, 2.24) is 5.32 Å². The van der Waals surface area contributed by atoms with Crippen LogP contribution < -0.4 is 10.1 Å². The first-order valence-electron chi connectivity index (χ1n) is 9.11. The van der Waals surface area contributed by atoms with E-state index in [9.17, 15) is 14.5 Å². The second-order valence-electron chi connectivity index (χ2n) is 7.17. The third-order valence-corrected chi connectivity index (χ3v) is 4.13. The molecule has 1 atom stereocenters. The molecule has 0 aliphatic heterocycles. The maximum atomic E-state index is 12.0. The highest BCUT2D eigenvalue weighted by Crippen LogP contribution is 2.34. The standard InChI is InChI=1S/C20H30N2O4/c1-12(2)19(24)8-7-9-26-20-11-18(22-25)16(10-17(20)15(6)23)14(5)21-13(3)4/h10-14,21H,7-9H2,1-6H3. The van der Waals surface area contributed by atoms with Crippen LogP contribution in [0.5, 0.6) is 5.75 Å². The molecule has 0 bridgehead atoms. The van der Waals surface area contributed by atoms with Crippen molar-refractivity contribution >= 4 is 17.3 Å². The number of ether oxygens (including phenoxy) is 1. The average Bonchev–Trinajstić information content (AvgIpc) is 2.56. The van der Waals surface area contributed by atoms with Crippen molar-refractivity contribution in [1.29, 1.82) is 0 Å². The van der Waals surface area contributed by atoms with Crippen LogP contribution in [0.1, 0.15) is 76.3 Å². The van der Waals surface area contributed by atoms with Crippen LogP contribution in [0, 0.1) is 10.8 Å². The number of nitrogens with zero attached hydrogens (tertiary/aromatic N) is 1. The van der Waals surface area contributed by atoms with E-state index in [1.807, 2.05) is 34.6 Å². The molecule has 6 heteroatoms. The average molecular weight is 362 g/mol. The first kappa shape index (κ1) is 22.0. The number of hydrogen-bond acceptors (Lipinski definition) is 6. The Hall–Kier alpha value is -2.08. The summed E-state index contributed by atoms with van der Waals surface area (Å²) in [7, 11) is 0. The SMILES string of the molecule is CC(=O)c1cc(C(C)NC(C)C)c(N=O)cc1OCCCC(=O)C(C)C. The maximum absolute atomic E-state index is 12.0. The van der Waals surface area contributed by atoms with Crippen LogP contribution in [0.15, 0.2) is 17.3 Å². The van der Waals surface area contributed by atoms with E-state index in [1.165, 1.54) is 13.0 Å². The van der Waals surface area contributed by atoms with Crippen LogP contribution in [0.3, 0.4) is 0 Å². The molecule has 26 heavy (non-hydrogen) atoms. The summed E-state index contributed by atoms with van der Waals surface area (Å²) < 4.78 is 5.69. The molecular formula is C20H30N2O4. The molecule has 6 nitrogen and oxygen atoms in total. The number of ketones is 2. The van der Waals surface area contributed by atoms with E-state index in [2.05, 4.69) is 10.5 Å². The molecule has 0 heterocycles. The molecule has 0 fully saturated rings. The third-order valence-electron chi connectivity index (χ3n) is 4.13. The van der Waals surface area contributed by atoms with Crippen molar-refractivity contribution in [3.05, 3.63) is 28.2 Å². The fourth-order valence-electron chi connectivity index (χ4n) is 2.71. The maximum Gasteiger partial charge on any atom is 0.163 e. The highest BCUT2D eigenvalue weighted by molar-refractivity contribution is 5.97. The van der Waals surface area contributed by atoms with Crippen LogP contribution in [-0.4, -0.2) is 24.2 Å². The summed E-state index contributed by atoms with van der Waals surface area (Å²) in [6, 6.07) is 3.29. The number of carbonyl (C=O) groups excluding carboxylic acids is 2. The number of Topliss-reactive ketones (excluding diaryl/α,β-unsaturated/α-hetero) is 2. The monoisotopic (exact) mass is 362 g/mol. The molecule has 0 saturated carbocycles. The van der Waals surface area contributed by atoms with Crippen LogP contribution in [-0.2, 0) is 4.79 Å². The number of nitroso groups, excluding NO2 is 1. The third kappa shape index (κ3) is 6.33. The molecule has 144 valence electrons. The molecule has 0 amide bonds. The lowest BCUT2D eigenvalue weighted by Gasteiger charge is -2.20. The van der Waals surface area contributed by atoms with Gasteiger partial charge in [0.1, 0.15) is 17.2 Å². The van der Waals surface area contributed by atoms with Gasteiger partial charge in [0.05, 0.1) is 12.2 Å². The number of rotatable bonds is 11. The minimum absolute atomic E-state index is 0.00266. The van der Waals surface area contributed by atoms with Gasteiger partial charge in [-0.25, -0.2) is 0 Å². The van der Waals surface area contributed by atoms with Crippen LogP contribution in [0.2, 0.25) is 0 Å². The summed E-state index contributed by atoms with van der Waals surface area (Å²) in [4.78, 5) is 35.0. The number of nitrogens with one attached hydrogen (secondary N) is 1. The highest BCUT2D eigenvalue weighted by atomic mass is 16.5. The zero-order valence-corrected chi connectivity index (χ0v) is 16.6. The van der Waals surface area contributed by atoms with Gasteiger partial charge in [0, 0.05) is 30.5 Å². The quantitative estimate of drug-likeness (QED) is 0.349. The van der Waals surface area contributed by atoms with E-state index >= 15 is 0 Å². The molecule has 1 N–H and O–H groups in total. The van der Waals surface area contributed by atoms with E-state index in [0.717, 1.165) is 0 Å². The van der Waals surface area contributed by atoms with E-state index in [-0.39, 0.29) is 35.3 Å². The lowest BCUT2D eigenvalue weighted by atomic mass is 9.99. The minimum atomic E-state index is -0.145. The van der Waals surface area contributed by atoms with Crippen molar-refractivity contribution in [2.75, 3.05) is 6.61 Å². The Morgan fingerprint density at radius 3 is 2.31 bits per heavy atom. The molecule has 0 saturated heterocycles. The topological polar surface area (TPSA) is 84.8 Å². The van der Waals surface area contributed by atoms with Gasteiger partial charge in [-0.15, -0.1) is 4.91 Å². The van der Waals surface area contributed by atoms with E-state index < -0.39 is 0 Å². The molecule has 0 aliphatic rings. The Morgan fingerprint density at radius 2 is 1.81 bits per heavy atom. The highest BCUT2D eigenvalue weighted by Gasteiger charge is 2.19. The fraction of sp³-hybridized carbons (Fsp3) is 0.600. The zero-order valence-electron chi connectivity index (χ0n) is 16.6. The van der Waals surface area contributed by atoms with Gasteiger partial charge in [0.2, 0.25) is 0 Å². The summed E-state index contributed by atoms with van der Waals surface area (Å²) >= 11 is 0. The van der Waals surface area contributed by atoms with Gasteiger partial charge in [-0.3, -0.25) is 9.59 Å². The smallest absolute Gasteiger partial charge is 0.163 e. The normalized spacial score (nSPS) is 12.3. The largest absolute Gasteiger partial charge is 0.493 e. The molecule has 1 aromatic rings. The number of benzene rings is 1. The van der Waals surface area contributed by atoms with Gasteiger partial charge >= 0.3 is 0 Å². The fourth-order valence-corrected chi connectivity index (χ4v) is 2.71. The van der Waals surface area contributed by atoms with Gasteiger partial charge in [0.25, 0.3) is 0 Å². The Labute approximate surface area is 155 Å². The second kappa shape index (κ2) is 10.2. The van der Waals surface area contributed by atoms with Gasteiger partial charge in [0.15, 0.2) is 5.78 Å². The number of carbonyl (C=O) groups is 2. The van der Waals surface area contributed by atoms with Crippen molar-refractivity contribution < 1.29 is 14.3 Å². The molecule has 0 spiro atoms. The first-order valence-corrected chi connectivity index (χ1v) is 9.11. The van der Waals surface area contributed by atoms with Crippen LogP contribution >= 0.6 is 0 Å². The zero-order chi connectivity index (χ0) is 19.9. The molecule has 1 unspecified atom stereocenters. The molecule has 0 aromatic heterocycles. The molecule has 1 rings (SSSR count). The van der Waals surface area contributed by atoms with Gasteiger partial charge in [-0.05, 0) is 37.1 Å². The van der Waals surface area contributed by atoms with Crippen molar-refractivity contribution in [2.45, 2.75) is 66.5 Å². The molecule has 1 aromatic carbocycles.